The number of nitro groups is 1. The van der Waals surface area contributed by atoms with Crippen LogP contribution in [0.1, 0.15) is 20.8 Å². The molecule has 0 bridgehead atoms. The van der Waals surface area contributed by atoms with Crippen molar-refractivity contribution in [2.75, 3.05) is 19.7 Å². The van der Waals surface area contributed by atoms with Crippen LogP contribution in [0.4, 0.5) is 15.3 Å². The van der Waals surface area contributed by atoms with Crippen LogP contribution < -0.4 is 4.74 Å². The number of carbonyl (C=O) groups is 2. The van der Waals surface area contributed by atoms with Crippen LogP contribution in [0.15, 0.2) is 24.3 Å². The molecule has 0 aromatic heterocycles. The second-order valence-electron chi connectivity index (χ2n) is 6.67. The Labute approximate surface area is 144 Å². The third-order valence-corrected chi connectivity index (χ3v) is 3.29. The van der Waals surface area contributed by atoms with Gasteiger partial charge in [-0.25, -0.2) is 9.59 Å². The molecule has 0 aliphatic carbocycles. The molecule has 1 aliphatic heterocycles. The molecule has 0 unspecified atom stereocenters. The summed E-state index contributed by atoms with van der Waals surface area (Å²) in [4.78, 5) is 34.9. The van der Waals surface area contributed by atoms with Crippen LogP contribution in [0.25, 0.3) is 0 Å². The summed E-state index contributed by atoms with van der Waals surface area (Å²) >= 11 is 0. The fourth-order valence-corrected chi connectivity index (χ4v) is 2.10. The Hall–Kier alpha value is -2.84. The maximum Gasteiger partial charge on any atom is 0.513 e. The first-order valence-corrected chi connectivity index (χ1v) is 7.71. The molecule has 2 rings (SSSR count). The van der Waals surface area contributed by atoms with E-state index >= 15 is 0 Å². The largest absolute Gasteiger partial charge is 0.513 e. The van der Waals surface area contributed by atoms with E-state index in [-0.39, 0.29) is 24.0 Å². The number of carbonyl (C=O) groups excluding carboxylic acids is 2. The molecule has 9 heteroatoms. The Bertz CT molecular complexity index is 645. The highest BCUT2D eigenvalue weighted by molar-refractivity contribution is 5.69. The Balaban J connectivity index is 1.68. The van der Waals surface area contributed by atoms with Gasteiger partial charge in [0, 0.05) is 31.1 Å². The Morgan fingerprint density at radius 2 is 1.84 bits per heavy atom. The van der Waals surface area contributed by atoms with Gasteiger partial charge in [0.15, 0.2) is 0 Å². The molecule has 136 valence electrons. The minimum atomic E-state index is -0.899. The maximum atomic E-state index is 11.8. The first-order valence-electron chi connectivity index (χ1n) is 7.71. The second-order valence-corrected chi connectivity index (χ2v) is 6.67. The van der Waals surface area contributed by atoms with Crippen molar-refractivity contribution >= 4 is 17.9 Å². The molecule has 9 nitrogen and oxygen atoms in total. The smallest absolute Gasteiger partial charge is 0.444 e. The number of rotatable bonds is 4. The van der Waals surface area contributed by atoms with E-state index in [4.69, 9.17) is 14.2 Å². The molecular weight excluding hydrogens is 332 g/mol. The standard InChI is InChI=1S/C16H20N2O7/c1-16(2,3)25-14(19)17-8-11(9-17)10-23-15(20)24-13-6-4-12(5-7-13)18(21)22/h4-7,11H,8-10H2,1-3H3. The number of nitro benzene ring substituents is 1. The number of ether oxygens (including phenoxy) is 3. The summed E-state index contributed by atoms with van der Waals surface area (Å²) in [5, 5.41) is 10.5. The van der Waals surface area contributed by atoms with Gasteiger partial charge in [0.25, 0.3) is 5.69 Å². The van der Waals surface area contributed by atoms with E-state index in [9.17, 15) is 19.7 Å². The van der Waals surface area contributed by atoms with E-state index in [1.54, 1.807) is 20.8 Å². The highest BCUT2D eigenvalue weighted by Crippen LogP contribution is 2.21. The minimum Gasteiger partial charge on any atom is -0.444 e. The monoisotopic (exact) mass is 352 g/mol. The summed E-state index contributed by atoms with van der Waals surface area (Å²) in [6, 6.07) is 5.08. The van der Waals surface area contributed by atoms with E-state index in [2.05, 4.69) is 0 Å². The molecule has 0 spiro atoms. The van der Waals surface area contributed by atoms with Gasteiger partial charge in [-0.15, -0.1) is 0 Å². The Morgan fingerprint density at radius 1 is 1.24 bits per heavy atom. The van der Waals surface area contributed by atoms with Gasteiger partial charge in [0.05, 0.1) is 4.92 Å². The Morgan fingerprint density at radius 3 is 2.36 bits per heavy atom. The lowest BCUT2D eigenvalue weighted by Gasteiger charge is -2.39. The van der Waals surface area contributed by atoms with Crippen LogP contribution in [-0.2, 0) is 9.47 Å². The fourth-order valence-electron chi connectivity index (χ4n) is 2.10. The van der Waals surface area contributed by atoms with E-state index < -0.39 is 22.8 Å². The summed E-state index contributed by atoms with van der Waals surface area (Å²) < 4.78 is 15.1. The molecule has 1 fully saturated rings. The van der Waals surface area contributed by atoms with Crippen molar-refractivity contribution in [3.05, 3.63) is 34.4 Å². The van der Waals surface area contributed by atoms with Gasteiger partial charge in [-0.1, -0.05) is 0 Å². The van der Waals surface area contributed by atoms with Crippen LogP contribution in [0, 0.1) is 16.0 Å². The molecule has 0 N–H and O–H groups in total. The zero-order chi connectivity index (χ0) is 18.6. The molecule has 0 radical (unpaired) electrons. The van der Waals surface area contributed by atoms with E-state index in [0.717, 1.165) is 0 Å². The van der Waals surface area contributed by atoms with Gasteiger partial charge in [-0.05, 0) is 32.9 Å². The van der Waals surface area contributed by atoms with Crippen LogP contribution in [-0.4, -0.2) is 47.4 Å². The molecule has 0 atom stereocenters. The predicted octanol–water partition coefficient (Wildman–Crippen LogP) is 2.98. The lowest BCUT2D eigenvalue weighted by molar-refractivity contribution is -0.384. The number of benzene rings is 1. The predicted molar refractivity (Wildman–Crippen MR) is 86.4 cm³/mol. The van der Waals surface area contributed by atoms with Crippen LogP contribution in [0.3, 0.4) is 0 Å². The van der Waals surface area contributed by atoms with Crippen molar-refractivity contribution in [1.29, 1.82) is 0 Å². The fraction of sp³-hybridized carbons (Fsp3) is 0.500. The quantitative estimate of drug-likeness (QED) is 0.355. The SMILES string of the molecule is CC(C)(C)OC(=O)N1CC(COC(=O)Oc2ccc([N+](=O)[O-])cc2)C1. The summed E-state index contributed by atoms with van der Waals surface area (Å²) in [6.45, 7) is 6.38. The first-order chi connectivity index (χ1) is 11.6. The molecule has 1 aromatic rings. The van der Waals surface area contributed by atoms with Crippen molar-refractivity contribution in [3.8, 4) is 5.75 Å². The van der Waals surface area contributed by atoms with Crippen molar-refractivity contribution in [2.45, 2.75) is 26.4 Å². The number of hydrogen-bond acceptors (Lipinski definition) is 7. The summed E-state index contributed by atoms with van der Waals surface area (Å²) in [5.41, 5.74) is -0.648. The molecule has 1 aromatic carbocycles. The van der Waals surface area contributed by atoms with Gasteiger partial charge in [0.1, 0.15) is 18.0 Å². The van der Waals surface area contributed by atoms with Gasteiger partial charge in [-0.2, -0.15) is 0 Å². The molecule has 1 amide bonds. The maximum absolute atomic E-state index is 11.8. The molecule has 25 heavy (non-hydrogen) atoms. The third kappa shape index (κ3) is 5.63. The zero-order valence-electron chi connectivity index (χ0n) is 14.3. The van der Waals surface area contributed by atoms with Gasteiger partial charge >= 0.3 is 12.2 Å². The van der Waals surface area contributed by atoms with E-state index in [0.29, 0.717) is 13.1 Å². The summed E-state index contributed by atoms with van der Waals surface area (Å²) in [5.74, 6) is 0.177. The summed E-state index contributed by atoms with van der Waals surface area (Å²) in [7, 11) is 0. The van der Waals surface area contributed by atoms with Crippen LogP contribution >= 0.6 is 0 Å². The topological polar surface area (TPSA) is 108 Å². The third-order valence-electron chi connectivity index (χ3n) is 3.29. The highest BCUT2D eigenvalue weighted by Gasteiger charge is 2.34. The van der Waals surface area contributed by atoms with E-state index in [1.807, 2.05) is 0 Å². The van der Waals surface area contributed by atoms with Crippen LogP contribution in [0.5, 0.6) is 5.75 Å². The van der Waals surface area contributed by atoms with Gasteiger partial charge < -0.3 is 19.1 Å². The van der Waals surface area contributed by atoms with Crippen molar-refractivity contribution in [2.24, 2.45) is 5.92 Å². The molecule has 0 saturated carbocycles. The molecule has 1 saturated heterocycles. The zero-order valence-corrected chi connectivity index (χ0v) is 14.3. The normalized spacial score (nSPS) is 14.4. The molecular formula is C16H20N2O7. The lowest BCUT2D eigenvalue weighted by atomic mass is 10.0. The van der Waals surface area contributed by atoms with E-state index in [1.165, 1.54) is 29.2 Å². The first kappa shape index (κ1) is 18.5. The number of likely N-dealkylation sites (tertiary alicyclic amines) is 1. The highest BCUT2D eigenvalue weighted by atomic mass is 16.7. The van der Waals surface area contributed by atoms with Gasteiger partial charge in [0.2, 0.25) is 0 Å². The number of nitrogens with zero attached hydrogens (tertiary/aromatic N) is 2. The number of amides is 1. The minimum absolute atomic E-state index is 0.0249. The van der Waals surface area contributed by atoms with Crippen molar-refractivity contribution in [3.63, 3.8) is 0 Å². The van der Waals surface area contributed by atoms with Crippen molar-refractivity contribution < 1.29 is 28.7 Å². The average Bonchev–Trinajstić information content (AvgIpc) is 2.44. The number of non-ortho nitro benzene ring substituents is 1. The summed E-state index contributed by atoms with van der Waals surface area (Å²) in [6.07, 6.45) is -1.29. The molecule has 1 aliphatic rings. The van der Waals surface area contributed by atoms with Gasteiger partial charge in [-0.3, -0.25) is 10.1 Å². The van der Waals surface area contributed by atoms with Crippen molar-refractivity contribution in [1.82, 2.24) is 4.90 Å². The average molecular weight is 352 g/mol. The lowest BCUT2D eigenvalue weighted by Crippen LogP contribution is -2.53. The van der Waals surface area contributed by atoms with Crippen LogP contribution in [0.2, 0.25) is 0 Å². The Kier molecular flexibility index (Phi) is 5.45. The number of hydrogen-bond donors (Lipinski definition) is 0. The molecule has 1 heterocycles. The second kappa shape index (κ2) is 7.37.